The van der Waals surface area contributed by atoms with Crippen molar-refractivity contribution in [3.05, 3.63) is 66.0 Å². The number of carbonyl (C=O) groups is 1. The fraction of sp³-hybridized carbons (Fsp3) is 0.0588. The summed E-state index contributed by atoms with van der Waals surface area (Å²) < 4.78 is 0. The number of nitrogens with zero attached hydrogens (tertiary/aromatic N) is 1. The molecule has 2 heterocycles. The molecule has 0 saturated carbocycles. The molecule has 0 saturated heterocycles. The van der Waals surface area contributed by atoms with Crippen molar-refractivity contribution in [1.82, 2.24) is 20.5 Å². The number of amides is 1. The third kappa shape index (κ3) is 2.13. The van der Waals surface area contributed by atoms with Crippen molar-refractivity contribution < 1.29 is 4.79 Å². The number of para-hydroxylation sites is 1. The van der Waals surface area contributed by atoms with E-state index in [-0.39, 0.29) is 5.91 Å². The molecular weight excluding hydrogens is 276 g/mol. The van der Waals surface area contributed by atoms with Crippen molar-refractivity contribution in [3.8, 4) is 0 Å². The molecule has 4 aromatic rings. The third-order valence-corrected chi connectivity index (χ3v) is 3.78. The van der Waals surface area contributed by atoms with Gasteiger partial charge in [0.1, 0.15) is 0 Å². The molecule has 0 bridgehead atoms. The van der Waals surface area contributed by atoms with E-state index in [0.29, 0.717) is 12.1 Å². The highest BCUT2D eigenvalue weighted by atomic mass is 16.1. The van der Waals surface area contributed by atoms with E-state index < -0.39 is 0 Å². The van der Waals surface area contributed by atoms with Crippen LogP contribution in [0.15, 0.2) is 54.7 Å². The van der Waals surface area contributed by atoms with Crippen molar-refractivity contribution in [1.29, 1.82) is 0 Å². The molecular formula is C17H14N4O. The Morgan fingerprint density at radius 2 is 2.05 bits per heavy atom. The number of aromatic amines is 2. The highest BCUT2D eigenvalue weighted by molar-refractivity contribution is 5.98. The summed E-state index contributed by atoms with van der Waals surface area (Å²) in [5.41, 5.74) is 3.41. The average Bonchev–Trinajstić information content (AvgIpc) is 3.18. The van der Waals surface area contributed by atoms with Crippen LogP contribution in [-0.2, 0) is 6.54 Å². The average molecular weight is 290 g/mol. The zero-order valence-corrected chi connectivity index (χ0v) is 11.8. The molecule has 108 valence electrons. The van der Waals surface area contributed by atoms with E-state index in [1.807, 2.05) is 54.7 Å². The third-order valence-electron chi connectivity index (χ3n) is 3.78. The van der Waals surface area contributed by atoms with Crippen LogP contribution in [0.5, 0.6) is 0 Å². The molecule has 2 aromatic heterocycles. The van der Waals surface area contributed by atoms with E-state index in [4.69, 9.17) is 0 Å². The van der Waals surface area contributed by atoms with Gasteiger partial charge < -0.3 is 10.3 Å². The van der Waals surface area contributed by atoms with Crippen LogP contribution < -0.4 is 5.32 Å². The standard InChI is InChI=1S/C17H14N4O/c22-17(12-6-5-11-7-8-18-15(11)9-12)19-10-16-13-3-1-2-4-14(13)20-21-16/h1-9,18H,10H2,(H,19,22)(H,20,21). The number of hydrogen-bond donors (Lipinski definition) is 3. The fourth-order valence-electron chi connectivity index (χ4n) is 2.61. The van der Waals surface area contributed by atoms with E-state index in [9.17, 15) is 4.79 Å². The lowest BCUT2D eigenvalue weighted by molar-refractivity contribution is 0.0950. The Bertz CT molecular complexity index is 967. The number of H-pyrrole nitrogens is 2. The molecule has 0 atom stereocenters. The van der Waals surface area contributed by atoms with Gasteiger partial charge in [0.2, 0.25) is 0 Å². The topological polar surface area (TPSA) is 73.6 Å². The minimum atomic E-state index is -0.102. The molecule has 22 heavy (non-hydrogen) atoms. The minimum Gasteiger partial charge on any atom is -0.361 e. The first kappa shape index (κ1) is 12.6. The lowest BCUT2D eigenvalue weighted by Crippen LogP contribution is -2.23. The summed E-state index contributed by atoms with van der Waals surface area (Å²) in [6.45, 7) is 0.419. The van der Waals surface area contributed by atoms with Crippen molar-refractivity contribution in [2.24, 2.45) is 0 Å². The number of rotatable bonds is 3. The molecule has 0 radical (unpaired) electrons. The quantitative estimate of drug-likeness (QED) is 0.542. The maximum atomic E-state index is 12.3. The van der Waals surface area contributed by atoms with Crippen LogP contribution in [0.4, 0.5) is 0 Å². The van der Waals surface area contributed by atoms with Crippen LogP contribution in [0.25, 0.3) is 21.8 Å². The maximum absolute atomic E-state index is 12.3. The van der Waals surface area contributed by atoms with Gasteiger partial charge in [0.05, 0.1) is 17.8 Å². The molecule has 0 spiro atoms. The second-order valence-electron chi connectivity index (χ2n) is 5.18. The number of hydrogen-bond acceptors (Lipinski definition) is 2. The minimum absolute atomic E-state index is 0.102. The Balaban J connectivity index is 1.54. The summed E-state index contributed by atoms with van der Waals surface area (Å²) in [4.78, 5) is 15.4. The van der Waals surface area contributed by atoms with E-state index in [2.05, 4.69) is 20.5 Å². The van der Waals surface area contributed by atoms with E-state index in [1.165, 1.54) is 0 Å². The van der Waals surface area contributed by atoms with Crippen LogP contribution in [0, 0.1) is 0 Å². The lowest BCUT2D eigenvalue weighted by atomic mass is 10.1. The van der Waals surface area contributed by atoms with Gasteiger partial charge in [0.25, 0.3) is 5.91 Å². The first-order chi connectivity index (χ1) is 10.8. The fourth-order valence-corrected chi connectivity index (χ4v) is 2.61. The number of fused-ring (bicyclic) bond motifs is 2. The van der Waals surface area contributed by atoms with Crippen molar-refractivity contribution in [3.63, 3.8) is 0 Å². The summed E-state index contributed by atoms with van der Waals surface area (Å²) in [5, 5.41) is 12.2. The van der Waals surface area contributed by atoms with Gasteiger partial charge in [-0.25, -0.2) is 0 Å². The van der Waals surface area contributed by atoms with Gasteiger partial charge in [0, 0.05) is 22.7 Å². The zero-order valence-electron chi connectivity index (χ0n) is 11.8. The summed E-state index contributed by atoms with van der Waals surface area (Å²) in [5.74, 6) is -0.102. The molecule has 0 fully saturated rings. The van der Waals surface area contributed by atoms with Gasteiger partial charge >= 0.3 is 0 Å². The van der Waals surface area contributed by atoms with Crippen LogP contribution >= 0.6 is 0 Å². The molecule has 1 amide bonds. The largest absolute Gasteiger partial charge is 0.361 e. The molecule has 5 nitrogen and oxygen atoms in total. The molecule has 0 aliphatic rings. The number of aromatic nitrogens is 3. The van der Waals surface area contributed by atoms with Crippen molar-refractivity contribution in [2.45, 2.75) is 6.54 Å². The Labute approximate surface area is 126 Å². The molecule has 5 heteroatoms. The molecule has 0 aliphatic heterocycles. The molecule has 2 aromatic carbocycles. The first-order valence-corrected chi connectivity index (χ1v) is 7.08. The highest BCUT2D eigenvalue weighted by Crippen LogP contribution is 2.16. The first-order valence-electron chi connectivity index (χ1n) is 7.08. The Morgan fingerprint density at radius 3 is 3.00 bits per heavy atom. The summed E-state index contributed by atoms with van der Waals surface area (Å²) in [7, 11) is 0. The second-order valence-corrected chi connectivity index (χ2v) is 5.18. The molecule has 0 aliphatic carbocycles. The summed E-state index contributed by atoms with van der Waals surface area (Å²) in [6, 6.07) is 15.4. The Morgan fingerprint density at radius 1 is 1.14 bits per heavy atom. The monoisotopic (exact) mass is 290 g/mol. The lowest BCUT2D eigenvalue weighted by Gasteiger charge is -2.04. The second kappa shape index (κ2) is 5.04. The Hall–Kier alpha value is -3.08. The van der Waals surface area contributed by atoms with Crippen LogP contribution in [0.1, 0.15) is 16.1 Å². The maximum Gasteiger partial charge on any atom is 0.251 e. The SMILES string of the molecule is O=C(NCc1[nH]nc2ccccc12)c1ccc2cc[nH]c2c1. The van der Waals surface area contributed by atoms with Gasteiger partial charge in [-0.05, 0) is 29.7 Å². The smallest absolute Gasteiger partial charge is 0.251 e. The van der Waals surface area contributed by atoms with Crippen LogP contribution in [0.2, 0.25) is 0 Å². The van der Waals surface area contributed by atoms with E-state index >= 15 is 0 Å². The molecule has 0 unspecified atom stereocenters. The van der Waals surface area contributed by atoms with Gasteiger partial charge in [-0.15, -0.1) is 0 Å². The predicted molar refractivity (Wildman–Crippen MR) is 85.6 cm³/mol. The zero-order chi connectivity index (χ0) is 14.9. The highest BCUT2D eigenvalue weighted by Gasteiger charge is 2.09. The normalized spacial score (nSPS) is 11.1. The summed E-state index contributed by atoms with van der Waals surface area (Å²) >= 11 is 0. The van der Waals surface area contributed by atoms with Crippen LogP contribution in [-0.4, -0.2) is 21.1 Å². The summed E-state index contributed by atoms with van der Waals surface area (Å²) in [6.07, 6.45) is 1.86. The number of nitrogens with one attached hydrogen (secondary N) is 3. The van der Waals surface area contributed by atoms with Gasteiger partial charge in [0.15, 0.2) is 0 Å². The van der Waals surface area contributed by atoms with Gasteiger partial charge in [-0.1, -0.05) is 24.3 Å². The van der Waals surface area contributed by atoms with Crippen molar-refractivity contribution in [2.75, 3.05) is 0 Å². The number of carbonyl (C=O) groups excluding carboxylic acids is 1. The van der Waals surface area contributed by atoms with E-state index in [0.717, 1.165) is 27.5 Å². The predicted octanol–water partition coefficient (Wildman–Crippen LogP) is 2.97. The Kier molecular flexibility index (Phi) is 2.89. The van der Waals surface area contributed by atoms with Crippen LogP contribution in [0.3, 0.4) is 0 Å². The molecule has 4 rings (SSSR count). The molecule has 3 N–H and O–H groups in total. The van der Waals surface area contributed by atoms with Gasteiger partial charge in [-0.2, -0.15) is 5.10 Å². The van der Waals surface area contributed by atoms with Crippen molar-refractivity contribution >= 4 is 27.7 Å². The van der Waals surface area contributed by atoms with E-state index in [1.54, 1.807) is 0 Å². The van der Waals surface area contributed by atoms with Gasteiger partial charge in [-0.3, -0.25) is 9.89 Å². The number of benzene rings is 2.